The van der Waals surface area contributed by atoms with Gasteiger partial charge < -0.3 is 29.2 Å². The first kappa shape index (κ1) is 32.0. The molecule has 3 heterocycles. The van der Waals surface area contributed by atoms with E-state index in [4.69, 9.17) is 24.1 Å². The molecule has 0 saturated carbocycles. The van der Waals surface area contributed by atoms with Crippen LogP contribution in [-0.4, -0.2) is 75.1 Å². The van der Waals surface area contributed by atoms with Crippen LogP contribution in [0.3, 0.4) is 0 Å². The fraction of sp³-hybridized carbons (Fsp3) is 0.343. The van der Waals surface area contributed by atoms with E-state index in [1.54, 1.807) is 32.3 Å². The summed E-state index contributed by atoms with van der Waals surface area (Å²) in [6, 6.07) is 25.7. The molecule has 11 heteroatoms. The average Bonchev–Trinajstić information content (AvgIpc) is 3.71. The maximum atomic E-state index is 11.3. The SMILES string of the molecule is COc1ccc(C(OC[C@H]2O[C@@H](n3cnc4c(SCCCCO)ncnc43)C[C@@H]2O)(c2ccccc2)c2ccc(OC)cc2)cc1. The lowest BCUT2D eigenvalue weighted by molar-refractivity contribution is -0.0931. The summed E-state index contributed by atoms with van der Waals surface area (Å²) in [4.78, 5) is 13.5. The van der Waals surface area contributed by atoms with Crippen LogP contribution in [0.25, 0.3) is 11.2 Å². The van der Waals surface area contributed by atoms with Gasteiger partial charge in [-0.3, -0.25) is 4.57 Å². The fourth-order valence-electron chi connectivity index (χ4n) is 5.85. The van der Waals surface area contributed by atoms with E-state index in [1.807, 2.05) is 83.4 Å². The summed E-state index contributed by atoms with van der Waals surface area (Å²) in [6.07, 6.45) is 3.32. The third-order valence-electron chi connectivity index (χ3n) is 8.27. The van der Waals surface area contributed by atoms with E-state index >= 15 is 0 Å². The number of thioether (sulfide) groups is 1. The Morgan fingerprint density at radius 1 is 0.870 bits per heavy atom. The number of imidazole rings is 1. The highest BCUT2D eigenvalue weighted by atomic mass is 32.2. The number of aliphatic hydroxyl groups is 2. The molecule has 0 spiro atoms. The third kappa shape index (κ3) is 6.47. The molecule has 0 radical (unpaired) electrons. The first-order valence-electron chi connectivity index (χ1n) is 15.3. The number of methoxy groups -OCH3 is 2. The summed E-state index contributed by atoms with van der Waals surface area (Å²) in [7, 11) is 3.28. The fourth-order valence-corrected chi connectivity index (χ4v) is 6.79. The van der Waals surface area contributed by atoms with Crippen LogP contribution < -0.4 is 9.47 Å². The second-order valence-corrected chi connectivity index (χ2v) is 12.1. The number of hydrogen-bond donors (Lipinski definition) is 2. The number of aromatic nitrogens is 4. The van der Waals surface area contributed by atoms with Crippen molar-refractivity contribution in [2.45, 2.75) is 48.3 Å². The molecule has 2 aromatic heterocycles. The molecule has 0 amide bonds. The van der Waals surface area contributed by atoms with Crippen molar-refractivity contribution in [1.29, 1.82) is 0 Å². The first-order chi connectivity index (χ1) is 22.6. The van der Waals surface area contributed by atoms with Crippen LogP contribution in [0.2, 0.25) is 0 Å². The number of rotatable bonds is 14. The van der Waals surface area contributed by atoms with Crippen LogP contribution in [0.4, 0.5) is 0 Å². The molecule has 6 rings (SSSR count). The lowest BCUT2D eigenvalue weighted by atomic mass is 9.80. The zero-order valence-electron chi connectivity index (χ0n) is 25.9. The molecule has 5 aromatic rings. The van der Waals surface area contributed by atoms with Gasteiger partial charge in [0.15, 0.2) is 5.65 Å². The Labute approximate surface area is 272 Å². The van der Waals surface area contributed by atoms with Gasteiger partial charge in [0.2, 0.25) is 0 Å². The Hall–Kier alpha value is -4.00. The highest BCUT2D eigenvalue weighted by molar-refractivity contribution is 7.99. The van der Waals surface area contributed by atoms with Crippen LogP contribution in [0.1, 0.15) is 42.2 Å². The van der Waals surface area contributed by atoms with Crippen molar-refractivity contribution in [1.82, 2.24) is 19.5 Å². The average molecular weight is 643 g/mol. The maximum absolute atomic E-state index is 11.3. The minimum absolute atomic E-state index is 0.109. The molecule has 240 valence electrons. The number of ether oxygens (including phenoxy) is 4. The number of hydrogen-bond acceptors (Lipinski definition) is 10. The predicted octanol–water partition coefficient (Wildman–Crippen LogP) is 5.37. The molecule has 1 aliphatic rings. The van der Waals surface area contributed by atoms with Gasteiger partial charge in [-0.25, -0.2) is 15.0 Å². The minimum Gasteiger partial charge on any atom is -0.497 e. The Morgan fingerprint density at radius 3 is 2.15 bits per heavy atom. The van der Waals surface area contributed by atoms with Crippen LogP contribution in [0.15, 0.2) is 96.5 Å². The normalized spacial score (nSPS) is 18.2. The van der Waals surface area contributed by atoms with Gasteiger partial charge in [0.1, 0.15) is 46.3 Å². The van der Waals surface area contributed by atoms with Crippen LogP contribution >= 0.6 is 11.8 Å². The number of unbranched alkanes of at least 4 members (excludes halogenated alkanes) is 1. The molecule has 46 heavy (non-hydrogen) atoms. The Balaban J connectivity index is 1.29. The van der Waals surface area contributed by atoms with Gasteiger partial charge >= 0.3 is 0 Å². The maximum Gasteiger partial charge on any atom is 0.166 e. The van der Waals surface area contributed by atoms with Gasteiger partial charge in [-0.05, 0) is 59.6 Å². The van der Waals surface area contributed by atoms with E-state index in [2.05, 4.69) is 15.0 Å². The van der Waals surface area contributed by atoms with Gasteiger partial charge in [-0.1, -0.05) is 54.6 Å². The van der Waals surface area contributed by atoms with E-state index in [1.165, 1.54) is 6.33 Å². The van der Waals surface area contributed by atoms with E-state index in [-0.39, 0.29) is 13.2 Å². The monoisotopic (exact) mass is 642 g/mol. The molecule has 1 fully saturated rings. The van der Waals surface area contributed by atoms with Gasteiger partial charge in [0.05, 0.1) is 33.3 Å². The predicted molar refractivity (Wildman–Crippen MR) is 175 cm³/mol. The quantitative estimate of drug-likeness (QED) is 0.0708. The Morgan fingerprint density at radius 2 is 1.52 bits per heavy atom. The van der Waals surface area contributed by atoms with Crippen molar-refractivity contribution in [3.63, 3.8) is 0 Å². The summed E-state index contributed by atoms with van der Waals surface area (Å²) < 4.78 is 26.2. The molecule has 1 saturated heterocycles. The molecule has 10 nitrogen and oxygen atoms in total. The number of nitrogens with zero attached hydrogens (tertiary/aromatic N) is 4. The van der Waals surface area contributed by atoms with Gasteiger partial charge in [-0.2, -0.15) is 0 Å². The van der Waals surface area contributed by atoms with E-state index < -0.39 is 24.0 Å². The summed E-state index contributed by atoms with van der Waals surface area (Å²) >= 11 is 1.59. The van der Waals surface area contributed by atoms with E-state index in [0.717, 1.165) is 51.8 Å². The second kappa shape index (κ2) is 14.6. The molecular formula is C35H38N4O6S. The largest absolute Gasteiger partial charge is 0.497 e. The van der Waals surface area contributed by atoms with Crippen LogP contribution in [0.5, 0.6) is 11.5 Å². The highest BCUT2D eigenvalue weighted by Gasteiger charge is 2.42. The second-order valence-electron chi connectivity index (χ2n) is 11.0. The zero-order valence-corrected chi connectivity index (χ0v) is 26.7. The summed E-state index contributed by atoms with van der Waals surface area (Å²) in [5.74, 6) is 2.30. The Kier molecular flexibility index (Phi) is 10.2. The minimum atomic E-state index is -1.03. The molecule has 1 aliphatic heterocycles. The van der Waals surface area contributed by atoms with Gasteiger partial charge in [0.25, 0.3) is 0 Å². The summed E-state index contributed by atoms with van der Waals surface area (Å²) in [6.45, 7) is 0.283. The molecule has 0 aliphatic carbocycles. The molecular weight excluding hydrogens is 604 g/mol. The van der Waals surface area contributed by atoms with Crippen molar-refractivity contribution < 1.29 is 29.2 Å². The van der Waals surface area contributed by atoms with Gasteiger partial charge in [0, 0.05) is 13.0 Å². The Bertz CT molecular complexity index is 1650. The molecule has 0 unspecified atom stereocenters. The topological polar surface area (TPSA) is 121 Å². The smallest absolute Gasteiger partial charge is 0.166 e. The summed E-state index contributed by atoms with van der Waals surface area (Å²) in [5, 5.41) is 21.1. The molecule has 2 N–H and O–H groups in total. The number of benzene rings is 3. The number of aliphatic hydroxyl groups excluding tert-OH is 2. The zero-order chi connectivity index (χ0) is 31.9. The van der Waals surface area contributed by atoms with Crippen molar-refractivity contribution in [3.05, 3.63) is 108 Å². The van der Waals surface area contributed by atoms with E-state index in [0.29, 0.717) is 17.6 Å². The standard InChI is InChI=1S/C35H38N4O6S/c1-42-27-14-10-25(11-15-27)35(24-8-4-3-5-9-24,26-12-16-28(43-2)17-13-26)44-21-30-29(41)20-31(45-30)39-23-38-32-33(39)36-22-37-34(32)46-19-7-6-18-40/h3-5,8-17,22-23,29-31,40-41H,6-7,18-21H2,1-2H3/t29-,30+,31+/m0/s1. The van der Waals surface area contributed by atoms with Crippen LogP contribution in [0, 0.1) is 0 Å². The first-order valence-corrected chi connectivity index (χ1v) is 16.3. The lowest BCUT2D eigenvalue weighted by Crippen LogP contribution is -2.38. The van der Waals surface area contributed by atoms with Crippen molar-refractivity contribution >= 4 is 22.9 Å². The van der Waals surface area contributed by atoms with Crippen molar-refractivity contribution in [3.8, 4) is 11.5 Å². The summed E-state index contributed by atoms with van der Waals surface area (Å²) in [5.41, 5.74) is 3.03. The van der Waals surface area contributed by atoms with E-state index in [9.17, 15) is 5.11 Å². The number of fused-ring (bicyclic) bond motifs is 1. The molecule has 0 bridgehead atoms. The van der Waals surface area contributed by atoms with Crippen molar-refractivity contribution in [2.75, 3.05) is 33.2 Å². The lowest BCUT2D eigenvalue weighted by Gasteiger charge is -2.37. The molecule has 3 atom stereocenters. The molecule has 3 aromatic carbocycles. The van der Waals surface area contributed by atoms with Crippen LogP contribution in [-0.2, 0) is 15.1 Å². The van der Waals surface area contributed by atoms with Gasteiger partial charge in [-0.15, -0.1) is 11.8 Å². The third-order valence-corrected chi connectivity index (χ3v) is 9.33. The van der Waals surface area contributed by atoms with Crippen molar-refractivity contribution in [2.24, 2.45) is 0 Å². The highest BCUT2D eigenvalue weighted by Crippen LogP contribution is 2.43.